The van der Waals surface area contributed by atoms with Crippen LogP contribution in [0.3, 0.4) is 0 Å². The number of nitrogens with zero attached hydrogens (tertiary/aromatic N) is 1. The van der Waals surface area contributed by atoms with Crippen molar-refractivity contribution in [2.75, 3.05) is 7.11 Å². The molecule has 0 aliphatic heterocycles. The van der Waals surface area contributed by atoms with E-state index >= 15 is 0 Å². The average Bonchev–Trinajstić information content (AvgIpc) is 3.06. The first-order chi connectivity index (χ1) is 10.0. The van der Waals surface area contributed by atoms with Crippen molar-refractivity contribution in [3.63, 3.8) is 0 Å². The predicted molar refractivity (Wildman–Crippen MR) is 81.8 cm³/mol. The van der Waals surface area contributed by atoms with Crippen LogP contribution < -0.4 is 9.88 Å². The first-order valence-electron chi connectivity index (χ1n) is 7.19. The monoisotopic (exact) mass is 308 g/mol. The summed E-state index contributed by atoms with van der Waals surface area (Å²) in [5.41, 5.74) is 0.866. The number of rotatable bonds is 4. The number of hydrogen-bond acceptors (Lipinski definition) is 3. The normalized spacial score (nSPS) is 16.7. The lowest BCUT2D eigenvalue weighted by atomic mass is 10.1. The molecule has 0 atom stereocenters. The van der Waals surface area contributed by atoms with Gasteiger partial charge in [0.05, 0.1) is 18.0 Å². The number of benzene rings is 1. The lowest BCUT2D eigenvalue weighted by Crippen LogP contribution is -2.12. The number of fused-ring (bicyclic) bond motifs is 1. The highest BCUT2D eigenvalue weighted by atomic mass is 32.2. The third-order valence-corrected chi connectivity index (χ3v) is 5.21. The molecule has 1 aliphatic rings. The Morgan fingerprint density at radius 1 is 1.33 bits per heavy atom. The molecule has 1 saturated carbocycles. The minimum atomic E-state index is -3.78. The molecule has 0 amide bonds. The fourth-order valence-electron chi connectivity index (χ4n) is 3.29. The topological polar surface area (TPSA) is 74.3 Å². The van der Waals surface area contributed by atoms with Crippen LogP contribution in [0.2, 0.25) is 0 Å². The minimum Gasteiger partial charge on any atom is -0.496 e. The molecule has 1 aromatic heterocycles. The van der Waals surface area contributed by atoms with Crippen LogP contribution in [-0.2, 0) is 16.6 Å². The summed E-state index contributed by atoms with van der Waals surface area (Å²) in [5.74, 6) is 1.15. The summed E-state index contributed by atoms with van der Waals surface area (Å²) in [5, 5.41) is 5.96. The lowest BCUT2D eigenvalue weighted by molar-refractivity contribution is 0.419. The molecule has 1 aromatic carbocycles. The van der Waals surface area contributed by atoms with E-state index in [1.54, 1.807) is 12.3 Å². The molecular formula is C15H20N2O3S. The van der Waals surface area contributed by atoms with Crippen molar-refractivity contribution in [1.82, 2.24) is 4.57 Å². The average molecular weight is 308 g/mol. The quantitative estimate of drug-likeness (QED) is 0.943. The molecule has 2 N–H and O–H groups in total. The van der Waals surface area contributed by atoms with E-state index in [1.165, 1.54) is 32.8 Å². The van der Waals surface area contributed by atoms with Crippen LogP contribution in [0.25, 0.3) is 10.9 Å². The molecule has 1 heterocycles. The number of sulfonamides is 1. The molecule has 21 heavy (non-hydrogen) atoms. The molecule has 0 saturated heterocycles. The third kappa shape index (κ3) is 2.65. The molecule has 114 valence electrons. The zero-order valence-corrected chi connectivity index (χ0v) is 12.9. The summed E-state index contributed by atoms with van der Waals surface area (Å²) in [6, 6.07) is 5.55. The Kier molecular flexibility index (Phi) is 3.67. The summed E-state index contributed by atoms with van der Waals surface area (Å²) >= 11 is 0. The first-order valence-corrected chi connectivity index (χ1v) is 8.74. The summed E-state index contributed by atoms with van der Waals surface area (Å²) in [4.78, 5) is 0.146. The number of ether oxygens (including phenoxy) is 1. The van der Waals surface area contributed by atoms with Gasteiger partial charge in [0.15, 0.2) is 0 Å². The van der Waals surface area contributed by atoms with Gasteiger partial charge >= 0.3 is 0 Å². The van der Waals surface area contributed by atoms with Gasteiger partial charge in [-0.2, -0.15) is 0 Å². The number of methoxy groups -OCH3 is 1. The van der Waals surface area contributed by atoms with E-state index in [2.05, 4.69) is 0 Å². The first kappa shape index (κ1) is 14.4. The maximum atomic E-state index is 11.9. The molecule has 1 fully saturated rings. The van der Waals surface area contributed by atoms with Gasteiger partial charge in [-0.25, -0.2) is 13.6 Å². The molecule has 0 spiro atoms. The Morgan fingerprint density at radius 2 is 2.05 bits per heavy atom. The highest BCUT2D eigenvalue weighted by molar-refractivity contribution is 7.89. The highest BCUT2D eigenvalue weighted by Crippen LogP contribution is 2.35. The van der Waals surface area contributed by atoms with Gasteiger partial charge in [-0.3, -0.25) is 0 Å². The molecule has 5 nitrogen and oxygen atoms in total. The van der Waals surface area contributed by atoms with Crippen LogP contribution in [-0.4, -0.2) is 20.1 Å². The van der Waals surface area contributed by atoms with Gasteiger partial charge in [-0.15, -0.1) is 0 Å². The van der Waals surface area contributed by atoms with Crippen molar-refractivity contribution in [2.24, 2.45) is 11.1 Å². The van der Waals surface area contributed by atoms with E-state index in [4.69, 9.17) is 9.88 Å². The van der Waals surface area contributed by atoms with Crippen LogP contribution >= 0.6 is 0 Å². The molecule has 0 radical (unpaired) electrons. The fourth-order valence-corrected chi connectivity index (χ4v) is 4.05. The van der Waals surface area contributed by atoms with E-state index in [0.717, 1.165) is 12.1 Å². The van der Waals surface area contributed by atoms with Crippen molar-refractivity contribution in [3.8, 4) is 5.75 Å². The van der Waals surface area contributed by atoms with E-state index in [-0.39, 0.29) is 4.90 Å². The molecule has 3 rings (SSSR count). The summed E-state index contributed by atoms with van der Waals surface area (Å²) < 4.78 is 31.1. The Labute approximate surface area is 124 Å². The van der Waals surface area contributed by atoms with E-state index < -0.39 is 10.0 Å². The second-order valence-electron chi connectivity index (χ2n) is 5.70. The van der Waals surface area contributed by atoms with Crippen LogP contribution in [0.1, 0.15) is 25.7 Å². The van der Waals surface area contributed by atoms with Crippen LogP contribution in [0.4, 0.5) is 0 Å². The van der Waals surface area contributed by atoms with Crippen LogP contribution in [0.5, 0.6) is 5.75 Å². The van der Waals surface area contributed by atoms with Gasteiger partial charge in [0.1, 0.15) is 10.6 Å². The van der Waals surface area contributed by atoms with Gasteiger partial charge in [0.2, 0.25) is 10.0 Å². The molecule has 0 unspecified atom stereocenters. The van der Waals surface area contributed by atoms with E-state index in [9.17, 15) is 8.42 Å². The molecule has 6 heteroatoms. The number of primary sulfonamides is 1. The zero-order valence-electron chi connectivity index (χ0n) is 12.1. The van der Waals surface area contributed by atoms with Crippen molar-refractivity contribution >= 4 is 20.9 Å². The van der Waals surface area contributed by atoms with Gasteiger partial charge in [-0.1, -0.05) is 18.9 Å². The van der Waals surface area contributed by atoms with Crippen LogP contribution in [0, 0.1) is 5.92 Å². The van der Waals surface area contributed by atoms with Crippen LogP contribution in [0.15, 0.2) is 29.3 Å². The van der Waals surface area contributed by atoms with Crippen molar-refractivity contribution in [3.05, 3.63) is 24.4 Å². The minimum absolute atomic E-state index is 0.146. The Balaban J connectivity index is 2.17. The van der Waals surface area contributed by atoms with Crippen molar-refractivity contribution < 1.29 is 13.2 Å². The second-order valence-corrected chi connectivity index (χ2v) is 7.23. The maximum absolute atomic E-state index is 11.9. The molecule has 0 bridgehead atoms. The fraction of sp³-hybridized carbons (Fsp3) is 0.467. The van der Waals surface area contributed by atoms with Gasteiger partial charge < -0.3 is 9.30 Å². The largest absolute Gasteiger partial charge is 0.496 e. The third-order valence-electron chi connectivity index (χ3n) is 4.29. The Bertz CT molecular complexity index is 759. The van der Waals surface area contributed by atoms with Gasteiger partial charge in [0.25, 0.3) is 0 Å². The standard InChI is InChI=1S/C15H20N2O3S/c1-20-13-8-4-7-12-15(13)14(21(16,18)19)10-17(12)9-11-5-2-3-6-11/h4,7-8,10-11H,2-3,5-6,9H2,1H3,(H2,16,18,19). The molecular weight excluding hydrogens is 288 g/mol. The number of aromatic nitrogens is 1. The van der Waals surface area contributed by atoms with Gasteiger partial charge in [0, 0.05) is 12.7 Å². The highest BCUT2D eigenvalue weighted by Gasteiger charge is 2.23. The predicted octanol–water partition coefficient (Wildman–Crippen LogP) is 2.49. The number of hydrogen-bond donors (Lipinski definition) is 1. The SMILES string of the molecule is COc1cccc2c1c(S(N)(=O)=O)cn2CC1CCCC1. The van der Waals surface area contributed by atoms with E-state index in [1.807, 2.05) is 16.7 Å². The van der Waals surface area contributed by atoms with Gasteiger partial charge in [-0.05, 0) is 30.9 Å². The van der Waals surface area contributed by atoms with Crippen molar-refractivity contribution in [1.29, 1.82) is 0 Å². The van der Waals surface area contributed by atoms with E-state index in [0.29, 0.717) is 17.1 Å². The summed E-state index contributed by atoms with van der Waals surface area (Å²) in [7, 11) is -2.24. The zero-order chi connectivity index (χ0) is 15.0. The Morgan fingerprint density at radius 3 is 2.67 bits per heavy atom. The summed E-state index contributed by atoms with van der Waals surface area (Å²) in [6.45, 7) is 0.833. The smallest absolute Gasteiger partial charge is 0.240 e. The number of nitrogens with two attached hydrogens (primary N) is 1. The Hall–Kier alpha value is -1.53. The lowest BCUT2D eigenvalue weighted by Gasteiger charge is -2.11. The molecule has 2 aromatic rings. The maximum Gasteiger partial charge on any atom is 0.240 e. The summed E-state index contributed by atoms with van der Waals surface area (Å²) in [6.07, 6.45) is 6.58. The van der Waals surface area contributed by atoms with Crippen molar-refractivity contribution in [2.45, 2.75) is 37.1 Å². The second kappa shape index (κ2) is 5.35. The molecule has 1 aliphatic carbocycles.